The van der Waals surface area contributed by atoms with Crippen LogP contribution in [-0.4, -0.2) is 87.1 Å². The first-order valence-corrected chi connectivity index (χ1v) is 9.07. The molecule has 0 aromatic heterocycles. The van der Waals surface area contributed by atoms with Gasteiger partial charge in [-0.2, -0.15) is 0 Å². The molecule has 6 heteroatoms. The van der Waals surface area contributed by atoms with Gasteiger partial charge in [0.25, 0.3) is 0 Å². The van der Waals surface area contributed by atoms with Gasteiger partial charge in [-0.3, -0.25) is 9.69 Å². The number of amides is 1. The van der Waals surface area contributed by atoms with Crippen molar-refractivity contribution in [1.82, 2.24) is 9.80 Å². The monoisotopic (exact) mass is 326 g/mol. The van der Waals surface area contributed by atoms with Crippen molar-refractivity contribution in [2.75, 3.05) is 59.2 Å². The van der Waals surface area contributed by atoms with E-state index in [1.165, 1.54) is 0 Å². The maximum Gasteiger partial charge on any atom is 0.248 e. The topological polar surface area (TPSA) is 51.2 Å². The number of rotatable bonds is 6. The number of ether oxygens (including phenoxy) is 3. The summed E-state index contributed by atoms with van der Waals surface area (Å²) >= 11 is 0. The van der Waals surface area contributed by atoms with Gasteiger partial charge in [0.2, 0.25) is 5.91 Å². The molecule has 0 aromatic rings. The van der Waals surface area contributed by atoms with Crippen LogP contribution in [0.15, 0.2) is 0 Å². The van der Waals surface area contributed by atoms with Crippen molar-refractivity contribution >= 4 is 5.91 Å². The summed E-state index contributed by atoms with van der Waals surface area (Å²) in [5.74, 6) is 0.687. The molecule has 3 rings (SSSR count). The lowest BCUT2D eigenvalue weighted by Crippen LogP contribution is -2.47. The molecule has 6 nitrogen and oxygen atoms in total. The first-order chi connectivity index (χ1) is 11.3. The number of likely N-dealkylation sites (tertiary alicyclic amines) is 1. The second-order valence-electron chi connectivity index (χ2n) is 6.83. The smallest absolute Gasteiger partial charge is 0.248 e. The molecule has 0 spiro atoms. The van der Waals surface area contributed by atoms with Crippen LogP contribution in [0.3, 0.4) is 0 Å². The lowest BCUT2D eigenvalue weighted by molar-refractivity contribution is -0.136. The molecule has 0 aliphatic carbocycles. The molecule has 3 heterocycles. The molecule has 3 saturated heterocycles. The largest absolute Gasteiger partial charge is 0.379 e. The van der Waals surface area contributed by atoms with Crippen molar-refractivity contribution in [2.45, 2.75) is 38.3 Å². The number of hydrogen-bond acceptors (Lipinski definition) is 5. The Bertz CT molecular complexity index is 381. The molecule has 0 radical (unpaired) electrons. The second kappa shape index (κ2) is 8.42. The van der Waals surface area contributed by atoms with Crippen LogP contribution in [0.1, 0.15) is 26.2 Å². The maximum absolute atomic E-state index is 12.4. The molecule has 3 unspecified atom stereocenters. The fourth-order valence-electron chi connectivity index (χ4n) is 3.93. The zero-order chi connectivity index (χ0) is 16.1. The summed E-state index contributed by atoms with van der Waals surface area (Å²) in [5.41, 5.74) is 0. The summed E-state index contributed by atoms with van der Waals surface area (Å²) in [6.07, 6.45) is 3.45. The quantitative estimate of drug-likeness (QED) is 0.721. The Balaban J connectivity index is 1.44. The SMILES string of the molecule is CCC1CN(C(=O)COCC2CCCO2)CC1N1CCOCC1. The lowest BCUT2D eigenvalue weighted by Gasteiger charge is -2.34. The van der Waals surface area contributed by atoms with Gasteiger partial charge in [-0.15, -0.1) is 0 Å². The third-order valence-corrected chi connectivity index (χ3v) is 5.35. The van der Waals surface area contributed by atoms with Gasteiger partial charge in [0.15, 0.2) is 0 Å². The fourth-order valence-corrected chi connectivity index (χ4v) is 3.93. The Hall–Kier alpha value is -0.690. The molecular weight excluding hydrogens is 296 g/mol. The van der Waals surface area contributed by atoms with E-state index < -0.39 is 0 Å². The summed E-state index contributed by atoms with van der Waals surface area (Å²) < 4.78 is 16.6. The van der Waals surface area contributed by atoms with Crippen LogP contribution in [-0.2, 0) is 19.0 Å². The number of morpholine rings is 1. The van der Waals surface area contributed by atoms with Gasteiger partial charge in [-0.1, -0.05) is 13.3 Å². The second-order valence-corrected chi connectivity index (χ2v) is 6.83. The van der Waals surface area contributed by atoms with Crippen molar-refractivity contribution in [3.05, 3.63) is 0 Å². The van der Waals surface area contributed by atoms with E-state index in [0.29, 0.717) is 18.6 Å². The first-order valence-electron chi connectivity index (χ1n) is 9.07. The predicted octanol–water partition coefficient (Wildman–Crippen LogP) is 0.751. The minimum atomic E-state index is 0.122. The highest BCUT2D eigenvalue weighted by Gasteiger charge is 2.38. The van der Waals surface area contributed by atoms with Gasteiger partial charge in [-0.25, -0.2) is 0 Å². The van der Waals surface area contributed by atoms with Gasteiger partial charge in [0.1, 0.15) is 6.61 Å². The fraction of sp³-hybridized carbons (Fsp3) is 0.941. The van der Waals surface area contributed by atoms with Crippen LogP contribution in [0.2, 0.25) is 0 Å². The zero-order valence-electron chi connectivity index (χ0n) is 14.2. The normalized spacial score (nSPS) is 32.6. The maximum atomic E-state index is 12.4. The Kier molecular flexibility index (Phi) is 6.28. The lowest BCUT2D eigenvalue weighted by atomic mass is 9.99. The van der Waals surface area contributed by atoms with E-state index in [0.717, 1.165) is 65.3 Å². The molecule has 1 amide bonds. The molecule has 0 aromatic carbocycles. The van der Waals surface area contributed by atoms with E-state index in [1.807, 2.05) is 4.90 Å². The summed E-state index contributed by atoms with van der Waals surface area (Å²) in [6, 6.07) is 0.478. The van der Waals surface area contributed by atoms with Gasteiger partial charge in [-0.05, 0) is 18.8 Å². The van der Waals surface area contributed by atoms with Crippen molar-refractivity contribution < 1.29 is 19.0 Å². The van der Waals surface area contributed by atoms with E-state index in [-0.39, 0.29) is 18.6 Å². The summed E-state index contributed by atoms with van der Waals surface area (Å²) in [7, 11) is 0. The van der Waals surface area contributed by atoms with Crippen LogP contribution in [0.4, 0.5) is 0 Å². The minimum absolute atomic E-state index is 0.122. The number of nitrogens with zero attached hydrogens (tertiary/aromatic N) is 2. The summed E-state index contributed by atoms with van der Waals surface area (Å²) in [4.78, 5) is 16.9. The zero-order valence-corrected chi connectivity index (χ0v) is 14.2. The average Bonchev–Trinajstić information content (AvgIpc) is 3.25. The van der Waals surface area contributed by atoms with E-state index in [9.17, 15) is 4.79 Å². The molecule has 0 N–H and O–H groups in total. The Morgan fingerprint density at radius 2 is 2.04 bits per heavy atom. The molecule has 0 bridgehead atoms. The first kappa shape index (κ1) is 17.1. The van der Waals surface area contributed by atoms with E-state index >= 15 is 0 Å². The van der Waals surface area contributed by atoms with Crippen LogP contribution < -0.4 is 0 Å². The number of carbonyl (C=O) groups is 1. The van der Waals surface area contributed by atoms with Crippen molar-refractivity contribution in [3.63, 3.8) is 0 Å². The summed E-state index contributed by atoms with van der Waals surface area (Å²) in [5, 5.41) is 0. The highest BCUT2D eigenvalue weighted by Crippen LogP contribution is 2.25. The molecule has 3 fully saturated rings. The molecule has 3 aliphatic rings. The van der Waals surface area contributed by atoms with Gasteiger partial charge < -0.3 is 19.1 Å². The van der Waals surface area contributed by atoms with Gasteiger partial charge in [0, 0.05) is 38.8 Å². The Morgan fingerprint density at radius 3 is 2.74 bits per heavy atom. The summed E-state index contributed by atoms with van der Waals surface area (Å²) in [6.45, 7) is 9.07. The molecular formula is C17H30N2O4. The van der Waals surface area contributed by atoms with Crippen LogP contribution in [0, 0.1) is 5.92 Å². The van der Waals surface area contributed by atoms with Crippen molar-refractivity contribution in [1.29, 1.82) is 0 Å². The van der Waals surface area contributed by atoms with E-state index in [4.69, 9.17) is 14.2 Å². The van der Waals surface area contributed by atoms with Crippen molar-refractivity contribution in [3.8, 4) is 0 Å². The third-order valence-electron chi connectivity index (χ3n) is 5.35. The predicted molar refractivity (Wildman–Crippen MR) is 86.3 cm³/mol. The minimum Gasteiger partial charge on any atom is -0.379 e. The number of carbonyl (C=O) groups excluding carboxylic acids is 1. The molecule has 3 aliphatic heterocycles. The van der Waals surface area contributed by atoms with Crippen LogP contribution in [0.5, 0.6) is 0 Å². The molecule has 3 atom stereocenters. The standard InChI is InChI=1S/C17H30N2O4/c1-2-14-10-19(11-16(14)18-5-8-21-9-6-18)17(20)13-22-12-15-4-3-7-23-15/h14-16H,2-13H2,1H3. The highest BCUT2D eigenvalue weighted by molar-refractivity contribution is 5.77. The third kappa shape index (κ3) is 4.44. The van der Waals surface area contributed by atoms with Crippen LogP contribution in [0.25, 0.3) is 0 Å². The Labute approximate surface area is 139 Å². The average molecular weight is 326 g/mol. The van der Waals surface area contributed by atoms with Crippen LogP contribution >= 0.6 is 0 Å². The number of hydrogen-bond donors (Lipinski definition) is 0. The highest BCUT2D eigenvalue weighted by atomic mass is 16.5. The van der Waals surface area contributed by atoms with E-state index in [2.05, 4.69) is 11.8 Å². The van der Waals surface area contributed by atoms with E-state index in [1.54, 1.807) is 0 Å². The molecule has 23 heavy (non-hydrogen) atoms. The molecule has 132 valence electrons. The molecule has 0 saturated carbocycles. The van der Waals surface area contributed by atoms with Gasteiger partial charge in [0.05, 0.1) is 25.9 Å². The Morgan fingerprint density at radius 1 is 1.22 bits per heavy atom. The van der Waals surface area contributed by atoms with Gasteiger partial charge >= 0.3 is 0 Å². The van der Waals surface area contributed by atoms with Crippen molar-refractivity contribution in [2.24, 2.45) is 5.92 Å².